The molecule has 3 N–H and O–H groups in total. The Kier molecular flexibility index (Phi) is 8.51. The Balaban J connectivity index is 2.18. The van der Waals surface area contributed by atoms with Gasteiger partial charge < -0.3 is 5.32 Å². The molecule has 22 heavy (non-hydrogen) atoms. The van der Waals surface area contributed by atoms with Crippen LogP contribution in [0.15, 0.2) is 24.3 Å². The molecule has 0 spiro atoms. The molecule has 4 nitrogen and oxygen atoms in total. The minimum atomic E-state index is -0.0624. The molecule has 0 radical (unpaired) electrons. The number of nitrogens with one attached hydrogen (secondary N) is 3. The van der Waals surface area contributed by atoms with Crippen molar-refractivity contribution in [2.45, 2.75) is 46.5 Å². The average molecular weight is 321 g/mol. The van der Waals surface area contributed by atoms with Gasteiger partial charge in [0.05, 0.1) is 0 Å². The molecule has 0 saturated heterocycles. The molecular formula is C17H27N3OS. The smallest absolute Gasteiger partial charge is 0.238 e. The Labute approximate surface area is 139 Å². The highest BCUT2D eigenvalue weighted by Crippen LogP contribution is 2.07. The van der Waals surface area contributed by atoms with Gasteiger partial charge in [-0.3, -0.25) is 15.6 Å². The van der Waals surface area contributed by atoms with Gasteiger partial charge in [0.1, 0.15) is 0 Å². The highest BCUT2D eigenvalue weighted by atomic mass is 32.1. The first-order valence-electron chi connectivity index (χ1n) is 7.91. The number of amides is 1. The fourth-order valence-corrected chi connectivity index (χ4v) is 2.06. The monoisotopic (exact) mass is 321 g/mol. The number of hydrogen-bond donors (Lipinski definition) is 3. The van der Waals surface area contributed by atoms with Crippen molar-refractivity contribution >= 4 is 23.2 Å². The van der Waals surface area contributed by atoms with Crippen LogP contribution in [0.2, 0.25) is 0 Å². The zero-order chi connectivity index (χ0) is 16.4. The Morgan fingerprint density at radius 3 is 2.36 bits per heavy atom. The molecule has 0 aliphatic heterocycles. The number of thiocarbonyl (C=S) groups is 1. The van der Waals surface area contributed by atoms with Gasteiger partial charge in [0.15, 0.2) is 5.11 Å². The zero-order valence-corrected chi connectivity index (χ0v) is 14.6. The van der Waals surface area contributed by atoms with E-state index in [1.165, 1.54) is 11.1 Å². The van der Waals surface area contributed by atoms with E-state index in [-0.39, 0.29) is 5.91 Å². The molecule has 0 aromatic heterocycles. The van der Waals surface area contributed by atoms with E-state index in [2.05, 4.69) is 61.2 Å². The van der Waals surface area contributed by atoms with E-state index in [0.29, 0.717) is 17.5 Å². The van der Waals surface area contributed by atoms with Crippen LogP contribution in [0.3, 0.4) is 0 Å². The minimum absolute atomic E-state index is 0.0624. The van der Waals surface area contributed by atoms with E-state index < -0.39 is 0 Å². The summed E-state index contributed by atoms with van der Waals surface area (Å²) in [6, 6.07) is 8.38. The topological polar surface area (TPSA) is 53.2 Å². The number of benzene rings is 1. The summed E-state index contributed by atoms with van der Waals surface area (Å²) in [6.45, 7) is 7.26. The summed E-state index contributed by atoms with van der Waals surface area (Å²) in [6.07, 6.45) is 3.24. The third-order valence-corrected chi connectivity index (χ3v) is 3.64. The third kappa shape index (κ3) is 7.98. The summed E-state index contributed by atoms with van der Waals surface area (Å²) in [5.41, 5.74) is 7.84. The maximum atomic E-state index is 11.8. The SMILES string of the molecule is CCc1ccc(CCC(=O)NNC(=S)NCCC(C)C)cc1. The van der Waals surface area contributed by atoms with Gasteiger partial charge in [-0.2, -0.15) is 0 Å². The molecule has 5 heteroatoms. The van der Waals surface area contributed by atoms with E-state index >= 15 is 0 Å². The van der Waals surface area contributed by atoms with Crippen LogP contribution in [0.5, 0.6) is 0 Å². The van der Waals surface area contributed by atoms with E-state index in [1.54, 1.807) is 0 Å². The molecule has 0 aliphatic rings. The Hall–Kier alpha value is -1.62. The molecule has 1 aromatic carbocycles. The van der Waals surface area contributed by atoms with Crippen molar-refractivity contribution in [1.82, 2.24) is 16.2 Å². The van der Waals surface area contributed by atoms with Crippen LogP contribution in [0.4, 0.5) is 0 Å². The molecule has 122 valence electrons. The van der Waals surface area contributed by atoms with Gasteiger partial charge in [-0.25, -0.2) is 0 Å². The summed E-state index contributed by atoms with van der Waals surface area (Å²) >= 11 is 5.09. The van der Waals surface area contributed by atoms with E-state index in [1.807, 2.05) is 0 Å². The highest BCUT2D eigenvalue weighted by Gasteiger charge is 2.03. The molecule has 1 aromatic rings. The number of hydrogen-bond acceptors (Lipinski definition) is 2. The molecule has 0 aliphatic carbocycles. The van der Waals surface area contributed by atoms with Crippen LogP contribution in [0, 0.1) is 5.92 Å². The highest BCUT2D eigenvalue weighted by molar-refractivity contribution is 7.80. The van der Waals surface area contributed by atoms with Gasteiger partial charge in [0, 0.05) is 13.0 Å². The number of carbonyl (C=O) groups is 1. The van der Waals surface area contributed by atoms with Crippen LogP contribution in [0.1, 0.15) is 44.7 Å². The standard InChI is InChI=1S/C17H27N3OS/c1-4-14-5-7-15(8-6-14)9-10-16(21)19-20-17(22)18-12-11-13(2)3/h5-8,13H,4,9-12H2,1-3H3,(H,19,21)(H2,18,20,22). The molecule has 0 saturated carbocycles. The summed E-state index contributed by atoms with van der Waals surface area (Å²) in [7, 11) is 0. The number of rotatable bonds is 7. The van der Waals surface area contributed by atoms with Crippen molar-refractivity contribution in [2.24, 2.45) is 5.92 Å². The van der Waals surface area contributed by atoms with Crippen molar-refractivity contribution in [3.63, 3.8) is 0 Å². The summed E-state index contributed by atoms with van der Waals surface area (Å²) in [4.78, 5) is 11.8. The number of hydrazine groups is 1. The zero-order valence-electron chi connectivity index (χ0n) is 13.7. The Morgan fingerprint density at radius 1 is 1.14 bits per heavy atom. The molecule has 0 fully saturated rings. The van der Waals surface area contributed by atoms with E-state index in [4.69, 9.17) is 12.2 Å². The van der Waals surface area contributed by atoms with Crippen molar-refractivity contribution in [1.29, 1.82) is 0 Å². The quantitative estimate of drug-likeness (QED) is 0.534. The molecule has 0 unspecified atom stereocenters. The first-order chi connectivity index (χ1) is 10.5. The second kappa shape index (κ2) is 10.2. The molecule has 0 bridgehead atoms. The van der Waals surface area contributed by atoms with Crippen molar-refractivity contribution in [3.05, 3.63) is 35.4 Å². The van der Waals surface area contributed by atoms with Gasteiger partial charge in [-0.1, -0.05) is 45.0 Å². The van der Waals surface area contributed by atoms with Gasteiger partial charge >= 0.3 is 0 Å². The molecule has 0 atom stereocenters. The lowest BCUT2D eigenvalue weighted by Crippen LogP contribution is -2.47. The van der Waals surface area contributed by atoms with Crippen LogP contribution < -0.4 is 16.2 Å². The normalized spacial score (nSPS) is 10.4. The van der Waals surface area contributed by atoms with E-state index in [9.17, 15) is 4.79 Å². The average Bonchev–Trinajstić information content (AvgIpc) is 2.51. The van der Waals surface area contributed by atoms with Gasteiger partial charge in [-0.05, 0) is 48.5 Å². The Bertz CT molecular complexity index is 471. The summed E-state index contributed by atoms with van der Waals surface area (Å²) in [5, 5.41) is 3.52. The maximum Gasteiger partial charge on any atom is 0.238 e. The van der Waals surface area contributed by atoms with Gasteiger partial charge in [0.25, 0.3) is 0 Å². The summed E-state index contributed by atoms with van der Waals surface area (Å²) < 4.78 is 0. The van der Waals surface area contributed by atoms with Crippen molar-refractivity contribution < 1.29 is 4.79 Å². The largest absolute Gasteiger partial charge is 0.361 e. The first kappa shape index (κ1) is 18.4. The van der Waals surface area contributed by atoms with Crippen LogP contribution in [0.25, 0.3) is 0 Å². The predicted molar refractivity (Wildman–Crippen MR) is 95.5 cm³/mol. The van der Waals surface area contributed by atoms with E-state index in [0.717, 1.165) is 25.8 Å². The first-order valence-corrected chi connectivity index (χ1v) is 8.32. The lowest BCUT2D eigenvalue weighted by molar-refractivity contribution is -0.121. The molecule has 0 heterocycles. The van der Waals surface area contributed by atoms with Gasteiger partial charge in [0.2, 0.25) is 5.91 Å². The van der Waals surface area contributed by atoms with Crippen LogP contribution in [-0.2, 0) is 17.6 Å². The Morgan fingerprint density at radius 2 is 1.77 bits per heavy atom. The molecule has 1 amide bonds. The van der Waals surface area contributed by atoms with Crippen LogP contribution >= 0.6 is 12.2 Å². The molecule has 1 rings (SSSR count). The number of aryl methyl sites for hydroxylation is 2. The van der Waals surface area contributed by atoms with Gasteiger partial charge in [-0.15, -0.1) is 0 Å². The fraction of sp³-hybridized carbons (Fsp3) is 0.529. The summed E-state index contributed by atoms with van der Waals surface area (Å²) in [5.74, 6) is 0.566. The number of carbonyl (C=O) groups excluding carboxylic acids is 1. The second-order valence-electron chi connectivity index (χ2n) is 5.78. The van der Waals surface area contributed by atoms with Crippen LogP contribution in [-0.4, -0.2) is 17.6 Å². The van der Waals surface area contributed by atoms with Crippen molar-refractivity contribution in [3.8, 4) is 0 Å². The lowest BCUT2D eigenvalue weighted by Gasteiger charge is -2.12. The lowest BCUT2D eigenvalue weighted by atomic mass is 10.1. The molecular weight excluding hydrogens is 294 g/mol. The maximum absolute atomic E-state index is 11.8. The second-order valence-corrected chi connectivity index (χ2v) is 6.19. The minimum Gasteiger partial charge on any atom is -0.361 e. The fourth-order valence-electron chi connectivity index (χ4n) is 1.91. The third-order valence-electron chi connectivity index (χ3n) is 3.39. The van der Waals surface area contributed by atoms with Crippen molar-refractivity contribution in [2.75, 3.05) is 6.54 Å². The predicted octanol–water partition coefficient (Wildman–Crippen LogP) is 2.72.